The van der Waals surface area contributed by atoms with Crippen LogP contribution in [0.2, 0.25) is 0 Å². The van der Waals surface area contributed by atoms with Crippen molar-refractivity contribution in [2.75, 3.05) is 13.7 Å². The van der Waals surface area contributed by atoms with Crippen molar-refractivity contribution >= 4 is 6.29 Å². The van der Waals surface area contributed by atoms with Crippen LogP contribution in [0.4, 0.5) is 0 Å². The summed E-state index contributed by atoms with van der Waals surface area (Å²) < 4.78 is 15.8. The van der Waals surface area contributed by atoms with Crippen molar-refractivity contribution in [3.05, 3.63) is 23.8 Å². The highest BCUT2D eigenvalue weighted by Crippen LogP contribution is 2.31. The van der Waals surface area contributed by atoms with Gasteiger partial charge in [-0.3, -0.25) is 4.79 Å². The topological polar surface area (TPSA) is 126 Å². The fraction of sp³-hybridized carbons (Fsp3) is 0.500. The van der Waals surface area contributed by atoms with Crippen molar-refractivity contribution in [1.82, 2.24) is 0 Å². The van der Waals surface area contributed by atoms with Crippen LogP contribution in [0.1, 0.15) is 10.4 Å². The van der Waals surface area contributed by atoms with Crippen LogP contribution >= 0.6 is 0 Å². The molecule has 2 rings (SSSR count). The molecule has 0 amide bonds. The number of methoxy groups -OCH3 is 1. The standard InChI is InChI=1S/C14H18O8/c1-20-9-4-7(5-15)2-3-8(9)21-14-13(19)12(18)11(17)10(6-16)22-14/h2-5,10-14,16-19H,6H2,1H3/t10-,11-,12-,13+,14+/m1/s1. The van der Waals surface area contributed by atoms with E-state index in [2.05, 4.69) is 0 Å². The molecule has 0 spiro atoms. The van der Waals surface area contributed by atoms with Gasteiger partial charge in [0.25, 0.3) is 0 Å². The summed E-state index contributed by atoms with van der Waals surface area (Å²) in [5, 5.41) is 38.4. The van der Waals surface area contributed by atoms with Gasteiger partial charge in [0, 0.05) is 5.56 Å². The number of hydrogen-bond donors (Lipinski definition) is 4. The molecule has 22 heavy (non-hydrogen) atoms. The molecule has 122 valence electrons. The SMILES string of the molecule is COc1cc(C=O)ccc1O[C@H]1O[C@H](CO)[C@@H](O)[C@@H](O)[C@@H]1O. The summed E-state index contributed by atoms with van der Waals surface area (Å²) in [4.78, 5) is 10.7. The Morgan fingerprint density at radius 2 is 1.91 bits per heavy atom. The molecule has 1 aliphatic rings. The fourth-order valence-corrected chi connectivity index (χ4v) is 2.14. The van der Waals surface area contributed by atoms with E-state index >= 15 is 0 Å². The van der Waals surface area contributed by atoms with E-state index in [9.17, 15) is 20.1 Å². The minimum atomic E-state index is -1.53. The van der Waals surface area contributed by atoms with Gasteiger partial charge in [0.15, 0.2) is 11.5 Å². The largest absolute Gasteiger partial charge is 0.493 e. The summed E-state index contributed by atoms with van der Waals surface area (Å²) >= 11 is 0. The molecule has 0 bridgehead atoms. The van der Waals surface area contributed by atoms with Crippen molar-refractivity contribution in [3.8, 4) is 11.5 Å². The first kappa shape index (κ1) is 16.7. The zero-order valence-corrected chi connectivity index (χ0v) is 11.8. The van der Waals surface area contributed by atoms with Crippen LogP contribution in [0.5, 0.6) is 11.5 Å². The Morgan fingerprint density at radius 3 is 2.50 bits per heavy atom. The summed E-state index contributed by atoms with van der Waals surface area (Å²) in [5.74, 6) is 0.416. The first-order valence-corrected chi connectivity index (χ1v) is 6.62. The van der Waals surface area contributed by atoms with Gasteiger partial charge < -0.3 is 34.6 Å². The van der Waals surface area contributed by atoms with E-state index < -0.39 is 37.3 Å². The summed E-state index contributed by atoms with van der Waals surface area (Å²) in [6.07, 6.45) is -6.25. The highest BCUT2D eigenvalue weighted by Gasteiger charge is 2.44. The maximum Gasteiger partial charge on any atom is 0.229 e. The second-order valence-corrected chi connectivity index (χ2v) is 4.84. The van der Waals surface area contributed by atoms with E-state index in [1.165, 1.54) is 25.3 Å². The zero-order chi connectivity index (χ0) is 16.3. The second kappa shape index (κ2) is 7.03. The molecule has 0 aromatic heterocycles. The molecular formula is C14H18O8. The highest BCUT2D eigenvalue weighted by molar-refractivity contribution is 5.76. The predicted octanol–water partition coefficient (Wildman–Crippen LogP) is -1.31. The third-order valence-electron chi connectivity index (χ3n) is 3.42. The molecule has 5 atom stereocenters. The molecule has 8 nitrogen and oxygen atoms in total. The molecule has 1 heterocycles. The van der Waals surface area contributed by atoms with Gasteiger partial charge >= 0.3 is 0 Å². The number of aliphatic hydroxyl groups is 4. The maximum absolute atomic E-state index is 10.7. The highest BCUT2D eigenvalue weighted by atomic mass is 16.7. The van der Waals surface area contributed by atoms with E-state index in [1.807, 2.05) is 0 Å². The monoisotopic (exact) mass is 314 g/mol. The Balaban J connectivity index is 2.20. The van der Waals surface area contributed by atoms with E-state index in [0.29, 0.717) is 11.8 Å². The van der Waals surface area contributed by atoms with Crippen LogP contribution in [0.3, 0.4) is 0 Å². The lowest BCUT2D eigenvalue weighted by Crippen LogP contribution is -2.60. The van der Waals surface area contributed by atoms with Gasteiger partial charge in [0.05, 0.1) is 13.7 Å². The molecule has 8 heteroatoms. The van der Waals surface area contributed by atoms with Gasteiger partial charge in [-0.05, 0) is 18.2 Å². The van der Waals surface area contributed by atoms with Crippen LogP contribution in [0.25, 0.3) is 0 Å². The Bertz CT molecular complexity index is 518. The van der Waals surface area contributed by atoms with Crippen molar-refractivity contribution in [2.45, 2.75) is 30.7 Å². The van der Waals surface area contributed by atoms with E-state index in [4.69, 9.17) is 19.3 Å². The van der Waals surface area contributed by atoms with Crippen molar-refractivity contribution in [1.29, 1.82) is 0 Å². The van der Waals surface area contributed by atoms with Gasteiger partial charge in [-0.15, -0.1) is 0 Å². The van der Waals surface area contributed by atoms with Crippen molar-refractivity contribution in [2.24, 2.45) is 0 Å². The Hall–Kier alpha value is -1.71. The normalized spacial score (nSPS) is 31.6. The average Bonchev–Trinajstić information content (AvgIpc) is 2.55. The average molecular weight is 314 g/mol. The Morgan fingerprint density at radius 1 is 1.18 bits per heavy atom. The molecule has 1 saturated heterocycles. The summed E-state index contributed by atoms with van der Waals surface area (Å²) in [7, 11) is 1.38. The fourth-order valence-electron chi connectivity index (χ4n) is 2.14. The van der Waals surface area contributed by atoms with Crippen molar-refractivity contribution < 1.29 is 39.4 Å². The van der Waals surface area contributed by atoms with Crippen LogP contribution in [0.15, 0.2) is 18.2 Å². The quantitative estimate of drug-likeness (QED) is 0.493. The number of carbonyl (C=O) groups excluding carboxylic acids is 1. The Kier molecular flexibility index (Phi) is 5.33. The van der Waals surface area contributed by atoms with Gasteiger partial charge in [-0.25, -0.2) is 0 Å². The molecule has 1 aromatic rings. The number of benzene rings is 1. The van der Waals surface area contributed by atoms with Gasteiger partial charge in [0.2, 0.25) is 6.29 Å². The number of hydrogen-bond acceptors (Lipinski definition) is 8. The lowest BCUT2D eigenvalue weighted by Gasteiger charge is -2.39. The molecule has 4 N–H and O–H groups in total. The first-order chi connectivity index (χ1) is 10.5. The molecular weight excluding hydrogens is 296 g/mol. The van der Waals surface area contributed by atoms with E-state index in [0.717, 1.165) is 0 Å². The molecule has 0 radical (unpaired) electrons. The Labute approximate surface area is 126 Å². The smallest absolute Gasteiger partial charge is 0.229 e. The van der Waals surface area contributed by atoms with E-state index in [1.54, 1.807) is 0 Å². The first-order valence-electron chi connectivity index (χ1n) is 6.62. The number of ether oxygens (including phenoxy) is 3. The number of aliphatic hydroxyl groups excluding tert-OH is 4. The van der Waals surface area contributed by atoms with Crippen LogP contribution in [-0.4, -0.2) is 71.1 Å². The number of carbonyl (C=O) groups is 1. The van der Waals surface area contributed by atoms with Gasteiger partial charge in [-0.1, -0.05) is 0 Å². The number of rotatable bonds is 5. The van der Waals surface area contributed by atoms with Gasteiger partial charge in [0.1, 0.15) is 30.7 Å². The minimum absolute atomic E-state index is 0.178. The molecule has 0 aliphatic carbocycles. The molecule has 0 saturated carbocycles. The third kappa shape index (κ3) is 3.21. The maximum atomic E-state index is 10.7. The van der Waals surface area contributed by atoms with Crippen LogP contribution in [0, 0.1) is 0 Å². The van der Waals surface area contributed by atoms with Gasteiger partial charge in [-0.2, -0.15) is 0 Å². The van der Waals surface area contributed by atoms with Crippen LogP contribution < -0.4 is 9.47 Å². The summed E-state index contributed by atoms with van der Waals surface area (Å²) in [6, 6.07) is 4.37. The molecule has 1 aliphatic heterocycles. The molecule has 1 aromatic carbocycles. The lowest BCUT2D eigenvalue weighted by molar-refractivity contribution is -0.277. The zero-order valence-electron chi connectivity index (χ0n) is 11.8. The van der Waals surface area contributed by atoms with E-state index in [-0.39, 0.29) is 11.5 Å². The summed E-state index contributed by atoms with van der Waals surface area (Å²) in [5.41, 5.74) is 0.373. The molecule has 0 unspecified atom stereocenters. The number of aldehydes is 1. The van der Waals surface area contributed by atoms with Crippen molar-refractivity contribution in [3.63, 3.8) is 0 Å². The molecule has 1 fully saturated rings. The lowest BCUT2D eigenvalue weighted by atomic mass is 9.99. The summed E-state index contributed by atoms with van der Waals surface area (Å²) in [6.45, 7) is -0.550. The predicted molar refractivity (Wildman–Crippen MR) is 72.8 cm³/mol. The third-order valence-corrected chi connectivity index (χ3v) is 3.42. The van der Waals surface area contributed by atoms with Crippen LogP contribution in [-0.2, 0) is 4.74 Å². The minimum Gasteiger partial charge on any atom is -0.493 e. The second-order valence-electron chi connectivity index (χ2n) is 4.84.